The molecule has 4 atom stereocenters. The second kappa shape index (κ2) is 15.1. The summed E-state index contributed by atoms with van der Waals surface area (Å²) in [7, 11) is 0. The fourth-order valence-corrected chi connectivity index (χ4v) is 4.32. The van der Waals surface area contributed by atoms with E-state index < -0.39 is 47.9 Å². The summed E-state index contributed by atoms with van der Waals surface area (Å²) >= 11 is 1.44. The standard InChI is InChI=1S/C24H35N5O7S/c1-37-12-10-18(23(34)29-19(24(35)36)13-14-4-6-15(30)7-5-14)28-22(33)17(8-9-20(25)31)27-21(32)16-3-2-11-26-16/h4-7,16-19,26,30H,2-3,8-13H2,1H3,(H2,25,31)(H,27,32)(H,28,33)(H,29,34)(H,35,36). The van der Waals surface area contributed by atoms with Gasteiger partial charge in [-0.05, 0) is 61.9 Å². The van der Waals surface area contributed by atoms with Crippen LogP contribution in [0.15, 0.2) is 24.3 Å². The minimum atomic E-state index is -1.27. The minimum absolute atomic E-state index is 0.0289. The molecule has 1 aromatic carbocycles. The number of phenolic OH excluding ortho intramolecular Hbond substituents is 1. The first kappa shape index (κ1) is 29.9. The van der Waals surface area contributed by atoms with Gasteiger partial charge in [-0.2, -0.15) is 11.8 Å². The first-order valence-corrected chi connectivity index (χ1v) is 13.4. The number of carboxylic acids is 1. The molecule has 0 bridgehead atoms. The summed E-state index contributed by atoms with van der Waals surface area (Å²) in [5, 5.41) is 29.8. The Balaban J connectivity index is 2.11. The van der Waals surface area contributed by atoms with Crippen LogP contribution in [-0.4, -0.2) is 82.5 Å². The molecule has 8 N–H and O–H groups in total. The zero-order valence-corrected chi connectivity index (χ0v) is 21.5. The first-order valence-electron chi connectivity index (χ1n) is 12.0. The lowest BCUT2D eigenvalue weighted by molar-refractivity contribution is -0.142. The average molecular weight is 538 g/mol. The molecule has 1 fully saturated rings. The molecule has 0 aliphatic carbocycles. The third-order valence-corrected chi connectivity index (χ3v) is 6.57. The molecule has 2 rings (SSSR count). The van der Waals surface area contributed by atoms with Gasteiger partial charge in [0.05, 0.1) is 6.04 Å². The van der Waals surface area contributed by atoms with Crippen molar-refractivity contribution in [3.05, 3.63) is 29.8 Å². The normalized spacial score (nSPS) is 17.3. The Bertz CT molecular complexity index is 953. The zero-order valence-electron chi connectivity index (χ0n) is 20.7. The van der Waals surface area contributed by atoms with Crippen LogP contribution in [0.5, 0.6) is 5.75 Å². The molecule has 0 saturated carbocycles. The summed E-state index contributed by atoms with van der Waals surface area (Å²) in [6, 6.07) is 2.04. The monoisotopic (exact) mass is 537 g/mol. The highest BCUT2D eigenvalue weighted by Crippen LogP contribution is 2.12. The third-order valence-electron chi connectivity index (χ3n) is 5.92. The molecular weight excluding hydrogens is 502 g/mol. The number of aromatic hydroxyl groups is 1. The van der Waals surface area contributed by atoms with Crippen molar-refractivity contribution in [3.8, 4) is 5.75 Å². The van der Waals surface area contributed by atoms with Crippen LogP contribution < -0.4 is 27.0 Å². The maximum atomic E-state index is 13.1. The Kier molecular flexibility index (Phi) is 12.2. The van der Waals surface area contributed by atoms with Crippen molar-refractivity contribution in [2.45, 2.75) is 62.7 Å². The Labute approximate surface area is 219 Å². The van der Waals surface area contributed by atoms with Crippen LogP contribution >= 0.6 is 11.8 Å². The third kappa shape index (κ3) is 10.3. The summed E-state index contributed by atoms with van der Waals surface area (Å²) < 4.78 is 0. The number of carbonyl (C=O) groups is 5. The van der Waals surface area contributed by atoms with E-state index in [4.69, 9.17) is 5.73 Å². The summed E-state index contributed by atoms with van der Waals surface area (Å²) in [6.07, 6.45) is 3.25. The van der Waals surface area contributed by atoms with Gasteiger partial charge in [-0.25, -0.2) is 4.79 Å². The molecule has 37 heavy (non-hydrogen) atoms. The van der Waals surface area contributed by atoms with Crippen LogP contribution in [0.4, 0.5) is 0 Å². The van der Waals surface area contributed by atoms with Gasteiger partial charge in [0.1, 0.15) is 23.9 Å². The van der Waals surface area contributed by atoms with Crippen LogP contribution in [0.25, 0.3) is 0 Å². The number of hydrogen-bond donors (Lipinski definition) is 7. The van der Waals surface area contributed by atoms with Gasteiger partial charge in [0, 0.05) is 12.8 Å². The highest BCUT2D eigenvalue weighted by molar-refractivity contribution is 7.98. The van der Waals surface area contributed by atoms with Crippen molar-refractivity contribution in [3.63, 3.8) is 0 Å². The molecule has 0 radical (unpaired) electrons. The summed E-state index contributed by atoms with van der Waals surface area (Å²) in [4.78, 5) is 61.9. The van der Waals surface area contributed by atoms with Crippen LogP contribution in [0.3, 0.4) is 0 Å². The Morgan fingerprint density at radius 3 is 2.19 bits per heavy atom. The molecular formula is C24H35N5O7S. The molecule has 0 spiro atoms. The summed E-state index contributed by atoms with van der Waals surface area (Å²) in [5.41, 5.74) is 5.82. The number of nitrogens with one attached hydrogen (secondary N) is 4. The van der Waals surface area contributed by atoms with Gasteiger partial charge >= 0.3 is 5.97 Å². The second-order valence-electron chi connectivity index (χ2n) is 8.83. The van der Waals surface area contributed by atoms with Crippen LogP contribution in [0, 0.1) is 0 Å². The van der Waals surface area contributed by atoms with Gasteiger partial charge in [-0.1, -0.05) is 12.1 Å². The average Bonchev–Trinajstić information content (AvgIpc) is 3.40. The minimum Gasteiger partial charge on any atom is -0.508 e. The van der Waals surface area contributed by atoms with E-state index in [1.54, 1.807) is 12.1 Å². The van der Waals surface area contributed by atoms with Gasteiger partial charge in [-0.15, -0.1) is 0 Å². The number of nitrogens with two attached hydrogens (primary N) is 1. The van der Waals surface area contributed by atoms with E-state index in [2.05, 4.69) is 21.3 Å². The molecule has 1 saturated heterocycles. The van der Waals surface area contributed by atoms with Crippen LogP contribution in [-0.2, 0) is 30.4 Å². The number of aliphatic carboxylic acids is 1. The highest BCUT2D eigenvalue weighted by Gasteiger charge is 2.31. The lowest BCUT2D eigenvalue weighted by Crippen LogP contribution is -2.57. The van der Waals surface area contributed by atoms with Crippen molar-refractivity contribution in [2.24, 2.45) is 5.73 Å². The number of benzene rings is 1. The fourth-order valence-electron chi connectivity index (χ4n) is 3.85. The Hall–Kier alpha value is -3.32. The molecule has 4 unspecified atom stereocenters. The number of primary amides is 1. The Morgan fingerprint density at radius 1 is 1.03 bits per heavy atom. The maximum Gasteiger partial charge on any atom is 0.326 e. The van der Waals surface area contributed by atoms with E-state index in [9.17, 15) is 34.2 Å². The van der Waals surface area contributed by atoms with Gasteiger partial charge in [0.25, 0.3) is 0 Å². The summed E-state index contributed by atoms with van der Waals surface area (Å²) in [6.45, 7) is 0.683. The lowest BCUT2D eigenvalue weighted by atomic mass is 10.0. The summed E-state index contributed by atoms with van der Waals surface area (Å²) in [5.74, 6) is -3.11. The highest BCUT2D eigenvalue weighted by atomic mass is 32.2. The number of carboxylic acid groups (broad SMARTS) is 1. The molecule has 0 aromatic heterocycles. The predicted molar refractivity (Wildman–Crippen MR) is 138 cm³/mol. The lowest BCUT2D eigenvalue weighted by Gasteiger charge is -2.25. The fraction of sp³-hybridized carbons (Fsp3) is 0.542. The topological polar surface area (TPSA) is 200 Å². The van der Waals surface area contributed by atoms with Crippen molar-refractivity contribution < 1.29 is 34.2 Å². The molecule has 1 aliphatic heterocycles. The van der Waals surface area contributed by atoms with Crippen LogP contribution in [0.2, 0.25) is 0 Å². The molecule has 204 valence electrons. The zero-order chi connectivity index (χ0) is 27.4. The van der Waals surface area contributed by atoms with Crippen molar-refractivity contribution in [1.82, 2.24) is 21.3 Å². The quantitative estimate of drug-likeness (QED) is 0.150. The Morgan fingerprint density at radius 2 is 1.65 bits per heavy atom. The predicted octanol–water partition coefficient (Wildman–Crippen LogP) is -0.756. The molecule has 1 heterocycles. The largest absolute Gasteiger partial charge is 0.508 e. The van der Waals surface area contributed by atoms with Gasteiger partial charge in [0.15, 0.2) is 0 Å². The molecule has 4 amide bonds. The van der Waals surface area contributed by atoms with Crippen molar-refractivity contribution >= 4 is 41.4 Å². The van der Waals surface area contributed by atoms with E-state index in [0.717, 1.165) is 6.42 Å². The number of rotatable bonds is 15. The van der Waals surface area contributed by atoms with E-state index in [1.807, 2.05) is 6.26 Å². The number of phenols is 1. The molecule has 1 aromatic rings. The van der Waals surface area contributed by atoms with E-state index in [0.29, 0.717) is 24.3 Å². The van der Waals surface area contributed by atoms with Gasteiger partial charge < -0.3 is 37.2 Å². The number of thioether (sulfide) groups is 1. The number of hydrogen-bond acceptors (Lipinski definition) is 8. The maximum absolute atomic E-state index is 13.1. The van der Waals surface area contributed by atoms with Crippen molar-refractivity contribution in [1.29, 1.82) is 0 Å². The van der Waals surface area contributed by atoms with E-state index in [-0.39, 0.29) is 37.3 Å². The molecule has 13 heteroatoms. The van der Waals surface area contributed by atoms with Gasteiger partial charge in [-0.3, -0.25) is 19.2 Å². The number of carbonyl (C=O) groups excluding carboxylic acids is 4. The van der Waals surface area contributed by atoms with Gasteiger partial charge in [0.2, 0.25) is 23.6 Å². The number of amides is 4. The molecule has 12 nitrogen and oxygen atoms in total. The molecule has 1 aliphatic rings. The van der Waals surface area contributed by atoms with E-state index >= 15 is 0 Å². The SMILES string of the molecule is CSCCC(NC(=O)C(CCC(N)=O)NC(=O)C1CCCN1)C(=O)NC(Cc1ccc(O)cc1)C(=O)O. The smallest absolute Gasteiger partial charge is 0.326 e. The second-order valence-corrected chi connectivity index (χ2v) is 9.81. The van der Waals surface area contributed by atoms with Crippen molar-refractivity contribution in [2.75, 3.05) is 18.6 Å². The first-order chi connectivity index (χ1) is 17.6. The van der Waals surface area contributed by atoms with E-state index in [1.165, 1.54) is 23.9 Å². The van der Waals surface area contributed by atoms with Crippen LogP contribution in [0.1, 0.15) is 37.7 Å².